The van der Waals surface area contributed by atoms with Gasteiger partial charge in [-0.2, -0.15) is 0 Å². The number of aromatic nitrogens is 2. The van der Waals surface area contributed by atoms with E-state index in [4.69, 9.17) is 0 Å². The van der Waals surface area contributed by atoms with Crippen LogP contribution in [0.25, 0.3) is 0 Å². The van der Waals surface area contributed by atoms with Crippen LogP contribution in [0.1, 0.15) is 50.0 Å². The highest BCUT2D eigenvalue weighted by molar-refractivity contribution is 5.92. The Balaban J connectivity index is 1.62. The molecule has 1 amide bonds. The number of amides is 1. The van der Waals surface area contributed by atoms with Crippen LogP contribution in [-0.2, 0) is 0 Å². The molecule has 2 heterocycles. The van der Waals surface area contributed by atoms with E-state index >= 15 is 0 Å². The van der Waals surface area contributed by atoms with Crippen molar-refractivity contribution in [2.45, 2.75) is 39.5 Å². The van der Waals surface area contributed by atoms with E-state index in [-0.39, 0.29) is 5.91 Å². The van der Waals surface area contributed by atoms with Crippen LogP contribution < -0.4 is 10.2 Å². The van der Waals surface area contributed by atoms with E-state index in [9.17, 15) is 4.79 Å². The molecule has 0 unspecified atom stereocenters. The molecular formula is C21H29N5O. The lowest BCUT2D eigenvalue weighted by atomic mass is 10.2. The Morgan fingerprint density at radius 2 is 1.70 bits per heavy atom. The van der Waals surface area contributed by atoms with Crippen molar-refractivity contribution < 1.29 is 4.79 Å². The van der Waals surface area contributed by atoms with Gasteiger partial charge in [0.25, 0.3) is 5.91 Å². The molecule has 0 radical (unpaired) electrons. The van der Waals surface area contributed by atoms with Gasteiger partial charge in [-0.15, -0.1) is 0 Å². The van der Waals surface area contributed by atoms with Crippen LogP contribution in [-0.4, -0.2) is 47.0 Å². The van der Waals surface area contributed by atoms with Crippen LogP contribution in [0, 0.1) is 0 Å². The van der Waals surface area contributed by atoms with Crippen molar-refractivity contribution in [2.24, 2.45) is 0 Å². The number of carbonyl (C=O) groups is 1. The summed E-state index contributed by atoms with van der Waals surface area (Å²) in [5, 5.41) is 3.25. The Hall–Kier alpha value is -2.63. The summed E-state index contributed by atoms with van der Waals surface area (Å²) in [4.78, 5) is 25.5. The van der Waals surface area contributed by atoms with E-state index in [0.717, 1.165) is 44.7 Å². The van der Waals surface area contributed by atoms with Gasteiger partial charge < -0.3 is 15.1 Å². The van der Waals surface area contributed by atoms with Crippen LogP contribution in [0.3, 0.4) is 0 Å². The molecule has 0 spiro atoms. The van der Waals surface area contributed by atoms with E-state index in [1.165, 1.54) is 18.5 Å². The first kappa shape index (κ1) is 19.1. The maximum absolute atomic E-state index is 12.6. The Bertz CT molecular complexity index is 717. The summed E-state index contributed by atoms with van der Waals surface area (Å²) in [6, 6.07) is 8.37. The fourth-order valence-corrected chi connectivity index (χ4v) is 3.40. The van der Waals surface area contributed by atoms with Gasteiger partial charge in [0.15, 0.2) is 0 Å². The van der Waals surface area contributed by atoms with Crippen LogP contribution in [0.4, 0.5) is 17.2 Å². The summed E-state index contributed by atoms with van der Waals surface area (Å²) in [5.74, 6) is 0.589. The molecule has 0 saturated carbocycles. The molecule has 2 aromatic rings. The number of rotatable bonds is 8. The standard InChI is InChI=1S/C21H29N5O/c1-3-11-26(12-4-2)21(27)19-15-23-20(16-22-19)24-17-7-9-18(10-8-17)25-13-5-6-14-25/h7-10,15-16H,3-6,11-14H2,1-2H3,(H,23,24). The lowest BCUT2D eigenvalue weighted by Gasteiger charge is -2.20. The summed E-state index contributed by atoms with van der Waals surface area (Å²) in [7, 11) is 0. The molecule has 0 bridgehead atoms. The molecule has 0 atom stereocenters. The highest BCUT2D eigenvalue weighted by atomic mass is 16.2. The summed E-state index contributed by atoms with van der Waals surface area (Å²) in [6.45, 7) is 7.92. The first-order valence-corrected chi connectivity index (χ1v) is 9.94. The molecule has 1 aromatic carbocycles. The summed E-state index contributed by atoms with van der Waals surface area (Å²) in [6.07, 6.45) is 7.60. The molecule has 1 saturated heterocycles. The highest BCUT2D eigenvalue weighted by Gasteiger charge is 2.16. The van der Waals surface area contributed by atoms with Gasteiger partial charge in [0.05, 0.1) is 12.4 Å². The molecule has 144 valence electrons. The van der Waals surface area contributed by atoms with Crippen molar-refractivity contribution >= 4 is 23.1 Å². The largest absolute Gasteiger partial charge is 0.372 e. The first-order valence-electron chi connectivity index (χ1n) is 9.94. The van der Waals surface area contributed by atoms with Gasteiger partial charge in [0.2, 0.25) is 0 Å². The van der Waals surface area contributed by atoms with Crippen molar-refractivity contribution in [3.63, 3.8) is 0 Å². The molecule has 6 heteroatoms. The summed E-state index contributed by atoms with van der Waals surface area (Å²) in [5.41, 5.74) is 2.62. The van der Waals surface area contributed by atoms with Crippen molar-refractivity contribution in [2.75, 3.05) is 36.4 Å². The normalized spacial score (nSPS) is 13.6. The zero-order valence-electron chi connectivity index (χ0n) is 16.3. The van der Waals surface area contributed by atoms with E-state index in [2.05, 4.69) is 58.3 Å². The number of hydrogen-bond acceptors (Lipinski definition) is 5. The van der Waals surface area contributed by atoms with Crippen molar-refractivity contribution in [1.82, 2.24) is 14.9 Å². The fourth-order valence-electron chi connectivity index (χ4n) is 3.40. The average Bonchev–Trinajstić information content (AvgIpc) is 3.23. The third-order valence-corrected chi connectivity index (χ3v) is 4.76. The lowest BCUT2D eigenvalue weighted by Crippen LogP contribution is -2.33. The van der Waals surface area contributed by atoms with Gasteiger partial charge in [-0.05, 0) is 49.9 Å². The van der Waals surface area contributed by atoms with Crippen LogP contribution >= 0.6 is 0 Å². The van der Waals surface area contributed by atoms with E-state index < -0.39 is 0 Å². The molecule has 0 aliphatic carbocycles. The van der Waals surface area contributed by atoms with E-state index in [0.29, 0.717) is 11.5 Å². The minimum atomic E-state index is -0.0484. The molecule has 1 aliphatic heterocycles. The first-order chi connectivity index (χ1) is 13.2. The molecule has 1 N–H and O–H groups in total. The zero-order valence-corrected chi connectivity index (χ0v) is 16.3. The minimum absolute atomic E-state index is 0.0484. The minimum Gasteiger partial charge on any atom is -0.372 e. The second-order valence-electron chi connectivity index (χ2n) is 6.95. The maximum atomic E-state index is 12.6. The smallest absolute Gasteiger partial charge is 0.274 e. The predicted molar refractivity (Wildman–Crippen MR) is 110 cm³/mol. The lowest BCUT2D eigenvalue weighted by molar-refractivity contribution is 0.0749. The molecule has 1 aromatic heterocycles. The number of nitrogens with zero attached hydrogens (tertiary/aromatic N) is 4. The third-order valence-electron chi connectivity index (χ3n) is 4.76. The SMILES string of the molecule is CCCN(CCC)C(=O)c1cnc(Nc2ccc(N3CCCC3)cc2)cn1. The van der Waals surface area contributed by atoms with Gasteiger partial charge in [-0.3, -0.25) is 4.79 Å². The second kappa shape index (κ2) is 9.35. The highest BCUT2D eigenvalue weighted by Crippen LogP contribution is 2.23. The van der Waals surface area contributed by atoms with Gasteiger partial charge in [0, 0.05) is 37.6 Å². The average molecular weight is 367 g/mol. The maximum Gasteiger partial charge on any atom is 0.274 e. The number of anilines is 3. The molecular weight excluding hydrogens is 338 g/mol. The third kappa shape index (κ3) is 4.96. The van der Waals surface area contributed by atoms with Crippen LogP contribution in [0.5, 0.6) is 0 Å². The van der Waals surface area contributed by atoms with Gasteiger partial charge in [-0.1, -0.05) is 13.8 Å². The van der Waals surface area contributed by atoms with Crippen LogP contribution in [0.15, 0.2) is 36.7 Å². The van der Waals surface area contributed by atoms with Crippen molar-refractivity contribution in [3.05, 3.63) is 42.4 Å². The van der Waals surface area contributed by atoms with Crippen LogP contribution in [0.2, 0.25) is 0 Å². The van der Waals surface area contributed by atoms with Crippen molar-refractivity contribution in [1.29, 1.82) is 0 Å². The Morgan fingerprint density at radius 3 is 2.26 bits per heavy atom. The molecule has 27 heavy (non-hydrogen) atoms. The number of benzene rings is 1. The summed E-state index contributed by atoms with van der Waals surface area (Å²) >= 11 is 0. The monoisotopic (exact) mass is 367 g/mol. The summed E-state index contributed by atoms with van der Waals surface area (Å²) < 4.78 is 0. The second-order valence-corrected chi connectivity index (χ2v) is 6.95. The zero-order chi connectivity index (χ0) is 19.1. The molecule has 1 aliphatic rings. The Kier molecular flexibility index (Phi) is 6.63. The quantitative estimate of drug-likeness (QED) is 0.762. The number of hydrogen-bond donors (Lipinski definition) is 1. The molecule has 1 fully saturated rings. The van der Waals surface area contributed by atoms with Gasteiger partial charge in [-0.25, -0.2) is 9.97 Å². The van der Waals surface area contributed by atoms with E-state index in [1.807, 2.05) is 4.90 Å². The van der Waals surface area contributed by atoms with Gasteiger partial charge in [0.1, 0.15) is 11.5 Å². The predicted octanol–water partition coefficient (Wildman–Crippen LogP) is 4.08. The Labute approximate surface area is 161 Å². The fraction of sp³-hybridized carbons (Fsp3) is 0.476. The van der Waals surface area contributed by atoms with E-state index in [1.54, 1.807) is 12.4 Å². The number of carbonyl (C=O) groups excluding carboxylic acids is 1. The number of nitrogens with one attached hydrogen (secondary N) is 1. The topological polar surface area (TPSA) is 61.4 Å². The molecule has 6 nitrogen and oxygen atoms in total. The molecule has 3 rings (SSSR count). The van der Waals surface area contributed by atoms with Gasteiger partial charge >= 0.3 is 0 Å². The Morgan fingerprint density at radius 1 is 1.04 bits per heavy atom. The van der Waals surface area contributed by atoms with Crippen molar-refractivity contribution in [3.8, 4) is 0 Å².